The second-order valence-electron chi connectivity index (χ2n) is 5.28. The highest BCUT2D eigenvalue weighted by atomic mass is 16.5. The maximum atomic E-state index is 5.47. The van der Waals surface area contributed by atoms with Crippen molar-refractivity contribution in [3.8, 4) is 11.5 Å². The molecule has 0 amide bonds. The van der Waals surface area contributed by atoms with Gasteiger partial charge in [0.15, 0.2) is 11.5 Å². The molecule has 1 saturated heterocycles. The second kappa shape index (κ2) is 6.95. The molecule has 1 aromatic rings. The van der Waals surface area contributed by atoms with Gasteiger partial charge in [-0.15, -0.1) is 0 Å². The van der Waals surface area contributed by atoms with Gasteiger partial charge in [-0.05, 0) is 56.0 Å². The Morgan fingerprint density at radius 3 is 2.30 bits per heavy atom. The molecule has 1 aliphatic heterocycles. The third-order valence-corrected chi connectivity index (χ3v) is 4.16. The molecule has 1 atom stereocenters. The fraction of sp³-hybridized carbons (Fsp3) is 0.625. The van der Waals surface area contributed by atoms with Gasteiger partial charge in [-0.1, -0.05) is 0 Å². The third-order valence-electron chi connectivity index (χ3n) is 4.16. The van der Waals surface area contributed by atoms with Crippen LogP contribution in [0.25, 0.3) is 0 Å². The van der Waals surface area contributed by atoms with Crippen LogP contribution in [0.2, 0.25) is 0 Å². The highest BCUT2D eigenvalue weighted by Gasteiger charge is 2.26. The highest BCUT2D eigenvalue weighted by molar-refractivity contribution is 5.48. The first-order valence-corrected chi connectivity index (χ1v) is 7.18. The van der Waals surface area contributed by atoms with Crippen LogP contribution in [0.1, 0.15) is 30.0 Å². The minimum atomic E-state index is 0.332. The molecule has 20 heavy (non-hydrogen) atoms. The van der Waals surface area contributed by atoms with E-state index in [0.717, 1.165) is 37.6 Å². The number of rotatable bonds is 5. The largest absolute Gasteiger partial charge is 0.493 e. The number of hydrogen-bond donors (Lipinski definition) is 1. The molecule has 0 aliphatic carbocycles. The molecular formula is C16H25NO3. The van der Waals surface area contributed by atoms with Gasteiger partial charge in [-0.2, -0.15) is 0 Å². The van der Waals surface area contributed by atoms with Gasteiger partial charge in [0.1, 0.15) is 0 Å². The van der Waals surface area contributed by atoms with Gasteiger partial charge in [0.25, 0.3) is 0 Å². The Kier molecular flexibility index (Phi) is 5.26. The van der Waals surface area contributed by atoms with Crippen LogP contribution >= 0.6 is 0 Å². The maximum Gasteiger partial charge on any atom is 0.161 e. The normalized spacial score (nSPS) is 17.8. The van der Waals surface area contributed by atoms with Gasteiger partial charge in [0.05, 0.1) is 14.2 Å². The zero-order valence-electron chi connectivity index (χ0n) is 12.9. The predicted octanol–water partition coefficient (Wildman–Crippen LogP) is 2.70. The number of methoxy groups -OCH3 is 2. The van der Waals surface area contributed by atoms with Crippen molar-refractivity contribution in [2.24, 2.45) is 5.92 Å². The quantitative estimate of drug-likeness (QED) is 0.899. The van der Waals surface area contributed by atoms with Crippen LogP contribution in [0.5, 0.6) is 11.5 Å². The molecule has 1 N–H and O–H groups in total. The van der Waals surface area contributed by atoms with Gasteiger partial charge in [-0.3, -0.25) is 0 Å². The van der Waals surface area contributed by atoms with E-state index >= 15 is 0 Å². The van der Waals surface area contributed by atoms with Gasteiger partial charge in [0.2, 0.25) is 0 Å². The molecule has 1 aromatic carbocycles. The molecule has 4 nitrogen and oxygen atoms in total. The Morgan fingerprint density at radius 1 is 1.15 bits per heavy atom. The SMILES string of the molecule is CNC(c1cc(OC)c(OC)cc1C)C1CCOCC1. The molecule has 1 aliphatic rings. The first kappa shape index (κ1) is 15.1. The summed E-state index contributed by atoms with van der Waals surface area (Å²) in [5.41, 5.74) is 2.52. The molecule has 0 saturated carbocycles. The van der Waals surface area contributed by atoms with E-state index in [2.05, 4.69) is 24.4 Å². The highest BCUT2D eigenvalue weighted by Crippen LogP contribution is 2.37. The summed E-state index contributed by atoms with van der Waals surface area (Å²) < 4.78 is 16.3. The van der Waals surface area contributed by atoms with Crippen molar-refractivity contribution in [2.45, 2.75) is 25.8 Å². The van der Waals surface area contributed by atoms with E-state index < -0.39 is 0 Å². The third kappa shape index (κ3) is 3.07. The van der Waals surface area contributed by atoms with Gasteiger partial charge >= 0.3 is 0 Å². The molecule has 0 radical (unpaired) electrons. The molecule has 1 fully saturated rings. The lowest BCUT2D eigenvalue weighted by Crippen LogP contribution is -2.30. The first-order chi connectivity index (χ1) is 9.71. The van der Waals surface area contributed by atoms with Crippen LogP contribution in [0.3, 0.4) is 0 Å². The lowest BCUT2D eigenvalue weighted by atomic mass is 9.85. The summed E-state index contributed by atoms with van der Waals surface area (Å²) in [7, 11) is 5.38. The summed E-state index contributed by atoms with van der Waals surface area (Å²) in [6.45, 7) is 3.84. The molecule has 2 rings (SSSR count). The topological polar surface area (TPSA) is 39.7 Å². The fourth-order valence-corrected chi connectivity index (χ4v) is 3.03. The van der Waals surface area contributed by atoms with Crippen molar-refractivity contribution in [2.75, 3.05) is 34.5 Å². The monoisotopic (exact) mass is 279 g/mol. The van der Waals surface area contributed by atoms with Crippen molar-refractivity contribution >= 4 is 0 Å². The first-order valence-electron chi connectivity index (χ1n) is 7.18. The van der Waals surface area contributed by atoms with Gasteiger partial charge < -0.3 is 19.5 Å². The fourth-order valence-electron chi connectivity index (χ4n) is 3.03. The van der Waals surface area contributed by atoms with E-state index in [4.69, 9.17) is 14.2 Å². The van der Waals surface area contributed by atoms with Crippen LogP contribution in [0.4, 0.5) is 0 Å². The number of ether oxygens (including phenoxy) is 3. The lowest BCUT2D eigenvalue weighted by molar-refractivity contribution is 0.0545. The Hall–Kier alpha value is -1.26. The van der Waals surface area contributed by atoms with Crippen molar-refractivity contribution < 1.29 is 14.2 Å². The van der Waals surface area contributed by atoms with Crippen LogP contribution < -0.4 is 14.8 Å². The van der Waals surface area contributed by atoms with Crippen molar-refractivity contribution in [3.05, 3.63) is 23.3 Å². The molecule has 0 aromatic heterocycles. The number of aryl methyl sites for hydroxylation is 1. The van der Waals surface area contributed by atoms with E-state index in [-0.39, 0.29) is 0 Å². The lowest BCUT2D eigenvalue weighted by Gasteiger charge is -2.31. The minimum Gasteiger partial charge on any atom is -0.493 e. The second-order valence-corrected chi connectivity index (χ2v) is 5.28. The van der Waals surface area contributed by atoms with Crippen LogP contribution in [0.15, 0.2) is 12.1 Å². The van der Waals surface area contributed by atoms with Gasteiger partial charge in [-0.25, -0.2) is 0 Å². The van der Waals surface area contributed by atoms with Crippen molar-refractivity contribution in [3.63, 3.8) is 0 Å². The zero-order valence-corrected chi connectivity index (χ0v) is 12.9. The van der Waals surface area contributed by atoms with E-state index in [1.165, 1.54) is 11.1 Å². The van der Waals surface area contributed by atoms with Crippen LogP contribution in [-0.2, 0) is 4.74 Å². The summed E-state index contributed by atoms with van der Waals surface area (Å²) in [5.74, 6) is 2.18. The van der Waals surface area contributed by atoms with Crippen LogP contribution in [0, 0.1) is 12.8 Å². The van der Waals surface area contributed by atoms with E-state index in [9.17, 15) is 0 Å². The average molecular weight is 279 g/mol. The summed E-state index contributed by atoms with van der Waals surface area (Å²) in [6, 6.07) is 4.49. The molecule has 0 bridgehead atoms. The summed E-state index contributed by atoms with van der Waals surface area (Å²) in [6.07, 6.45) is 2.19. The maximum absolute atomic E-state index is 5.47. The van der Waals surface area contributed by atoms with E-state index in [1.54, 1.807) is 14.2 Å². The molecule has 1 heterocycles. The Balaban J connectivity index is 2.33. The summed E-state index contributed by atoms with van der Waals surface area (Å²) in [5, 5.41) is 3.47. The Morgan fingerprint density at radius 2 is 1.75 bits per heavy atom. The molecule has 4 heteroatoms. The standard InChI is InChI=1S/C16H25NO3/c1-11-9-14(18-3)15(19-4)10-13(11)16(17-2)12-5-7-20-8-6-12/h9-10,12,16-17H,5-8H2,1-4H3. The molecule has 1 unspecified atom stereocenters. The van der Waals surface area contributed by atoms with Crippen molar-refractivity contribution in [1.82, 2.24) is 5.32 Å². The number of nitrogens with one attached hydrogen (secondary N) is 1. The summed E-state index contributed by atoms with van der Waals surface area (Å²) >= 11 is 0. The van der Waals surface area contributed by atoms with Gasteiger partial charge in [0, 0.05) is 19.3 Å². The minimum absolute atomic E-state index is 0.332. The van der Waals surface area contributed by atoms with E-state index in [0.29, 0.717) is 12.0 Å². The Labute approximate surface area is 121 Å². The predicted molar refractivity (Wildman–Crippen MR) is 79.6 cm³/mol. The molecule has 0 spiro atoms. The van der Waals surface area contributed by atoms with E-state index in [1.807, 2.05) is 7.05 Å². The molecular weight excluding hydrogens is 254 g/mol. The average Bonchev–Trinajstić information content (AvgIpc) is 2.50. The number of benzene rings is 1. The molecule has 112 valence electrons. The smallest absolute Gasteiger partial charge is 0.161 e. The Bertz CT molecular complexity index is 442. The zero-order chi connectivity index (χ0) is 14.5. The number of hydrogen-bond acceptors (Lipinski definition) is 4. The van der Waals surface area contributed by atoms with Crippen LogP contribution in [-0.4, -0.2) is 34.5 Å². The summed E-state index contributed by atoms with van der Waals surface area (Å²) in [4.78, 5) is 0. The van der Waals surface area contributed by atoms with Crippen molar-refractivity contribution in [1.29, 1.82) is 0 Å².